The van der Waals surface area contributed by atoms with E-state index in [0.29, 0.717) is 0 Å². The molecule has 2 heterocycles. The number of fused-ring (bicyclic) bond motifs is 1. The molecule has 0 radical (unpaired) electrons. The Bertz CT molecular complexity index is 238. The molecule has 2 atom stereocenters. The summed E-state index contributed by atoms with van der Waals surface area (Å²) in [6, 6.07) is 0.808. The lowest BCUT2D eigenvalue weighted by Crippen LogP contribution is -2.45. The highest BCUT2D eigenvalue weighted by Crippen LogP contribution is 2.26. The molecule has 2 rings (SSSR count). The van der Waals surface area contributed by atoms with Crippen molar-refractivity contribution in [1.29, 1.82) is 0 Å². The normalized spacial score (nSPS) is 32.1. The molecule has 0 amide bonds. The first-order valence-corrected chi connectivity index (χ1v) is 5.76. The van der Waals surface area contributed by atoms with Gasteiger partial charge in [-0.05, 0) is 38.8 Å². The fourth-order valence-corrected chi connectivity index (χ4v) is 2.77. The molecule has 2 unspecified atom stereocenters. The number of nitrogens with one attached hydrogen (secondary N) is 1. The monoisotopic (exact) mass is 192 g/mol. The van der Waals surface area contributed by atoms with Crippen molar-refractivity contribution in [2.45, 2.75) is 32.2 Å². The lowest BCUT2D eigenvalue weighted by Gasteiger charge is -2.36. The van der Waals surface area contributed by atoms with Crippen LogP contribution in [0.2, 0.25) is 0 Å². The minimum atomic E-state index is 0.808. The van der Waals surface area contributed by atoms with Crippen molar-refractivity contribution in [2.75, 3.05) is 26.2 Å². The van der Waals surface area contributed by atoms with E-state index in [1.807, 2.05) is 6.92 Å². The van der Waals surface area contributed by atoms with Crippen molar-refractivity contribution < 1.29 is 0 Å². The lowest BCUT2D eigenvalue weighted by molar-refractivity contribution is 0.128. The summed E-state index contributed by atoms with van der Waals surface area (Å²) in [5, 5.41) is 3.51. The van der Waals surface area contributed by atoms with Crippen LogP contribution in [0.3, 0.4) is 0 Å². The second-order valence-corrected chi connectivity index (χ2v) is 4.34. The molecular weight excluding hydrogens is 172 g/mol. The largest absolute Gasteiger partial charge is 0.315 e. The van der Waals surface area contributed by atoms with Crippen molar-refractivity contribution >= 4 is 0 Å². The first-order chi connectivity index (χ1) is 6.92. The van der Waals surface area contributed by atoms with E-state index in [0.717, 1.165) is 18.4 Å². The molecular formula is C12H20N2. The molecule has 0 aromatic carbocycles. The Morgan fingerprint density at radius 2 is 2.36 bits per heavy atom. The van der Waals surface area contributed by atoms with Crippen molar-refractivity contribution in [3.05, 3.63) is 0 Å². The van der Waals surface area contributed by atoms with Gasteiger partial charge in [-0.2, -0.15) is 0 Å². The van der Waals surface area contributed by atoms with Gasteiger partial charge in [0, 0.05) is 25.6 Å². The van der Waals surface area contributed by atoms with Crippen LogP contribution in [0, 0.1) is 17.8 Å². The highest BCUT2D eigenvalue weighted by molar-refractivity contribution is 4.98. The zero-order valence-electron chi connectivity index (χ0n) is 9.05. The Balaban J connectivity index is 1.86. The van der Waals surface area contributed by atoms with Gasteiger partial charge in [-0.15, -0.1) is 11.8 Å². The Kier molecular flexibility index (Phi) is 3.44. The van der Waals surface area contributed by atoms with Crippen molar-refractivity contribution in [3.8, 4) is 11.8 Å². The van der Waals surface area contributed by atoms with Crippen molar-refractivity contribution in [2.24, 2.45) is 5.92 Å². The number of nitrogens with zero attached hydrogens (tertiary/aromatic N) is 1. The fraction of sp³-hybridized carbons (Fsp3) is 0.833. The Morgan fingerprint density at radius 3 is 3.21 bits per heavy atom. The predicted molar refractivity (Wildman–Crippen MR) is 59.0 cm³/mol. The third-order valence-corrected chi connectivity index (χ3v) is 3.49. The van der Waals surface area contributed by atoms with Gasteiger partial charge in [-0.3, -0.25) is 4.90 Å². The molecule has 2 saturated heterocycles. The summed E-state index contributed by atoms with van der Waals surface area (Å²) in [5.41, 5.74) is 0. The standard InChI is InChI=1S/C12H20N2/c1-2-3-4-7-14-8-5-6-11-9-13-10-12(11)14/h11-13H,4-10H2,1H3. The molecule has 14 heavy (non-hydrogen) atoms. The van der Waals surface area contributed by atoms with Crippen LogP contribution in [-0.2, 0) is 0 Å². The van der Waals surface area contributed by atoms with Gasteiger partial charge in [0.05, 0.1) is 0 Å². The van der Waals surface area contributed by atoms with Gasteiger partial charge in [0.2, 0.25) is 0 Å². The van der Waals surface area contributed by atoms with Crippen LogP contribution >= 0.6 is 0 Å². The smallest absolute Gasteiger partial charge is 0.0261 e. The summed E-state index contributed by atoms with van der Waals surface area (Å²) >= 11 is 0. The van der Waals surface area contributed by atoms with Crippen LogP contribution in [-0.4, -0.2) is 37.1 Å². The average Bonchev–Trinajstić information content (AvgIpc) is 2.67. The SMILES string of the molecule is CC#CCCN1CCCC2CNCC21. The minimum Gasteiger partial charge on any atom is -0.315 e. The number of hydrogen-bond donors (Lipinski definition) is 1. The molecule has 2 aliphatic rings. The zero-order valence-corrected chi connectivity index (χ0v) is 9.05. The van der Waals surface area contributed by atoms with Gasteiger partial charge in [-0.25, -0.2) is 0 Å². The molecule has 0 aromatic heterocycles. The minimum absolute atomic E-state index is 0.808. The van der Waals surface area contributed by atoms with Gasteiger partial charge in [0.15, 0.2) is 0 Å². The maximum atomic E-state index is 3.51. The number of hydrogen-bond acceptors (Lipinski definition) is 2. The molecule has 0 aliphatic carbocycles. The highest BCUT2D eigenvalue weighted by atomic mass is 15.2. The first-order valence-electron chi connectivity index (χ1n) is 5.76. The van der Waals surface area contributed by atoms with Gasteiger partial charge in [0.1, 0.15) is 0 Å². The number of likely N-dealkylation sites (tertiary alicyclic amines) is 1. The molecule has 2 nitrogen and oxygen atoms in total. The van der Waals surface area contributed by atoms with Gasteiger partial charge in [-0.1, -0.05) is 0 Å². The Labute approximate surface area is 87.1 Å². The van der Waals surface area contributed by atoms with Crippen LogP contribution in [0.1, 0.15) is 26.2 Å². The predicted octanol–water partition coefficient (Wildman–Crippen LogP) is 1.08. The van der Waals surface area contributed by atoms with E-state index >= 15 is 0 Å². The fourth-order valence-electron chi connectivity index (χ4n) is 2.77. The van der Waals surface area contributed by atoms with Gasteiger partial charge in [0.25, 0.3) is 0 Å². The van der Waals surface area contributed by atoms with Gasteiger partial charge < -0.3 is 5.32 Å². The summed E-state index contributed by atoms with van der Waals surface area (Å²) in [6.07, 6.45) is 3.84. The molecule has 0 aromatic rings. The second kappa shape index (κ2) is 4.82. The Morgan fingerprint density at radius 1 is 1.43 bits per heavy atom. The van der Waals surface area contributed by atoms with E-state index in [1.165, 1.54) is 39.0 Å². The molecule has 1 N–H and O–H groups in total. The third kappa shape index (κ3) is 2.10. The van der Waals surface area contributed by atoms with Gasteiger partial charge >= 0.3 is 0 Å². The molecule has 0 bridgehead atoms. The molecule has 0 spiro atoms. The topological polar surface area (TPSA) is 15.3 Å². The molecule has 2 aliphatic heterocycles. The van der Waals surface area contributed by atoms with Crippen LogP contribution in [0.25, 0.3) is 0 Å². The number of piperidine rings is 1. The van der Waals surface area contributed by atoms with E-state index in [1.54, 1.807) is 0 Å². The van der Waals surface area contributed by atoms with Crippen molar-refractivity contribution in [3.63, 3.8) is 0 Å². The van der Waals surface area contributed by atoms with Crippen LogP contribution < -0.4 is 5.32 Å². The van der Waals surface area contributed by atoms with E-state index in [9.17, 15) is 0 Å². The van der Waals surface area contributed by atoms with Crippen molar-refractivity contribution in [1.82, 2.24) is 10.2 Å². The van der Waals surface area contributed by atoms with Crippen LogP contribution in [0.5, 0.6) is 0 Å². The van der Waals surface area contributed by atoms with Crippen LogP contribution in [0.4, 0.5) is 0 Å². The first kappa shape index (κ1) is 10.0. The number of rotatable bonds is 2. The van der Waals surface area contributed by atoms with E-state index in [2.05, 4.69) is 22.1 Å². The average molecular weight is 192 g/mol. The summed E-state index contributed by atoms with van der Waals surface area (Å²) in [5.74, 6) is 7.05. The Hall–Kier alpha value is -0.520. The van der Waals surface area contributed by atoms with E-state index < -0.39 is 0 Å². The highest BCUT2D eigenvalue weighted by Gasteiger charge is 2.34. The maximum absolute atomic E-state index is 3.51. The van der Waals surface area contributed by atoms with E-state index in [-0.39, 0.29) is 0 Å². The second-order valence-electron chi connectivity index (χ2n) is 4.34. The molecule has 2 fully saturated rings. The molecule has 0 saturated carbocycles. The maximum Gasteiger partial charge on any atom is 0.0261 e. The van der Waals surface area contributed by atoms with E-state index in [4.69, 9.17) is 0 Å². The van der Waals surface area contributed by atoms with Crippen LogP contribution in [0.15, 0.2) is 0 Å². The molecule has 78 valence electrons. The summed E-state index contributed by atoms with van der Waals surface area (Å²) in [7, 11) is 0. The summed E-state index contributed by atoms with van der Waals surface area (Å²) in [6.45, 7) is 6.82. The lowest BCUT2D eigenvalue weighted by atomic mass is 9.92. The summed E-state index contributed by atoms with van der Waals surface area (Å²) < 4.78 is 0. The zero-order chi connectivity index (χ0) is 9.80. The summed E-state index contributed by atoms with van der Waals surface area (Å²) in [4.78, 5) is 2.64. The quantitative estimate of drug-likeness (QED) is 0.659. The molecule has 2 heteroatoms. The third-order valence-electron chi connectivity index (χ3n) is 3.49.